The highest BCUT2D eigenvalue weighted by atomic mass is 16.5. The van der Waals surface area contributed by atoms with E-state index in [2.05, 4.69) is 15.6 Å². The summed E-state index contributed by atoms with van der Waals surface area (Å²) in [6, 6.07) is -0.392. The summed E-state index contributed by atoms with van der Waals surface area (Å²) in [5, 5.41) is 5.48. The van der Waals surface area contributed by atoms with Gasteiger partial charge in [0.15, 0.2) is 5.96 Å². The predicted octanol–water partition coefficient (Wildman–Crippen LogP) is -0.938. The molecule has 15 heavy (non-hydrogen) atoms. The Morgan fingerprint density at radius 2 is 2.27 bits per heavy atom. The maximum atomic E-state index is 11.4. The number of amides is 1. The molecular weight excluding hydrogens is 196 g/mol. The molecule has 4 N–H and O–H groups in total. The first-order valence-electron chi connectivity index (χ1n) is 4.94. The Labute approximate surface area is 90.3 Å². The van der Waals surface area contributed by atoms with Crippen LogP contribution in [0.5, 0.6) is 0 Å². The van der Waals surface area contributed by atoms with E-state index in [0.717, 1.165) is 0 Å². The maximum Gasteiger partial charge on any atom is 0.242 e. The Bertz CT molecular complexity index is 218. The third-order valence-corrected chi connectivity index (χ3v) is 1.69. The average molecular weight is 216 g/mol. The lowest BCUT2D eigenvalue weighted by Gasteiger charge is -2.14. The van der Waals surface area contributed by atoms with Gasteiger partial charge in [-0.05, 0) is 13.8 Å². The van der Waals surface area contributed by atoms with E-state index in [1.165, 1.54) is 0 Å². The van der Waals surface area contributed by atoms with Crippen molar-refractivity contribution < 1.29 is 9.53 Å². The molecule has 0 bridgehead atoms. The van der Waals surface area contributed by atoms with Crippen molar-refractivity contribution in [2.75, 3.05) is 26.8 Å². The summed E-state index contributed by atoms with van der Waals surface area (Å²) in [5.41, 5.74) is 5.51. The Hall–Kier alpha value is -1.30. The number of hydrogen-bond acceptors (Lipinski definition) is 3. The smallest absolute Gasteiger partial charge is 0.242 e. The quantitative estimate of drug-likeness (QED) is 0.304. The van der Waals surface area contributed by atoms with Gasteiger partial charge in [0, 0.05) is 20.2 Å². The zero-order chi connectivity index (χ0) is 11.7. The highest BCUT2D eigenvalue weighted by molar-refractivity contribution is 5.87. The second kappa shape index (κ2) is 8.05. The van der Waals surface area contributed by atoms with Crippen LogP contribution in [0.15, 0.2) is 4.99 Å². The Kier molecular flexibility index (Phi) is 7.35. The average Bonchev–Trinajstić information content (AvgIpc) is 2.18. The Morgan fingerprint density at radius 1 is 1.60 bits per heavy atom. The molecule has 0 saturated carbocycles. The predicted molar refractivity (Wildman–Crippen MR) is 59.6 cm³/mol. The summed E-state index contributed by atoms with van der Waals surface area (Å²) >= 11 is 0. The zero-order valence-corrected chi connectivity index (χ0v) is 9.54. The van der Waals surface area contributed by atoms with Crippen LogP contribution in [0, 0.1) is 0 Å². The number of rotatable bonds is 6. The standard InChI is InChI=1S/C9H20N4O2/c1-4-11-9(10)13-7(2)8(14)12-5-6-15-3/h7H,4-6H2,1-3H3,(H,12,14)(H3,10,11,13). The van der Waals surface area contributed by atoms with E-state index in [0.29, 0.717) is 19.7 Å². The molecule has 0 saturated heterocycles. The van der Waals surface area contributed by atoms with Crippen LogP contribution in [-0.2, 0) is 9.53 Å². The highest BCUT2D eigenvalue weighted by Crippen LogP contribution is 1.81. The van der Waals surface area contributed by atoms with Gasteiger partial charge in [-0.2, -0.15) is 0 Å². The third kappa shape index (κ3) is 6.73. The molecule has 0 aliphatic heterocycles. The van der Waals surface area contributed by atoms with Crippen LogP contribution in [-0.4, -0.2) is 44.7 Å². The van der Waals surface area contributed by atoms with Crippen LogP contribution >= 0.6 is 0 Å². The summed E-state index contributed by atoms with van der Waals surface area (Å²) in [7, 11) is 1.58. The number of carbonyl (C=O) groups is 1. The SMILES string of the molecule is CCN=C(N)NC(C)C(=O)NCCOC. The van der Waals surface area contributed by atoms with Gasteiger partial charge in [0.05, 0.1) is 6.61 Å². The minimum absolute atomic E-state index is 0.124. The minimum atomic E-state index is -0.392. The molecule has 1 unspecified atom stereocenters. The molecule has 0 heterocycles. The van der Waals surface area contributed by atoms with Gasteiger partial charge in [0.25, 0.3) is 0 Å². The lowest BCUT2D eigenvalue weighted by Crippen LogP contribution is -2.48. The number of carbonyl (C=O) groups excluding carboxylic acids is 1. The van der Waals surface area contributed by atoms with Crippen LogP contribution in [0.2, 0.25) is 0 Å². The second-order valence-corrected chi connectivity index (χ2v) is 3.01. The molecular formula is C9H20N4O2. The molecule has 0 rings (SSSR count). The fraction of sp³-hybridized carbons (Fsp3) is 0.778. The maximum absolute atomic E-state index is 11.4. The van der Waals surface area contributed by atoms with Crippen LogP contribution in [0.1, 0.15) is 13.8 Å². The van der Waals surface area contributed by atoms with E-state index in [1.54, 1.807) is 14.0 Å². The zero-order valence-electron chi connectivity index (χ0n) is 9.54. The Balaban J connectivity index is 3.83. The van der Waals surface area contributed by atoms with Crippen LogP contribution in [0.4, 0.5) is 0 Å². The molecule has 0 aliphatic carbocycles. The topological polar surface area (TPSA) is 88.7 Å². The molecule has 0 radical (unpaired) electrons. The van der Waals surface area contributed by atoms with Gasteiger partial charge in [0.1, 0.15) is 6.04 Å². The minimum Gasteiger partial charge on any atom is -0.383 e. The summed E-state index contributed by atoms with van der Waals surface area (Å²) in [5.74, 6) is 0.160. The van der Waals surface area contributed by atoms with Gasteiger partial charge in [-0.1, -0.05) is 0 Å². The molecule has 0 spiro atoms. The number of aliphatic imine (C=N–C) groups is 1. The van der Waals surface area contributed by atoms with Crippen LogP contribution in [0.3, 0.4) is 0 Å². The van der Waals surface area contributed by atoms with Crippen molar-refractivity contribution in [3.63, 3.8) is 0 Å². The van der Waals surface area contributed by atoms with Crippen molar-refractivity contribution >= 4 is 11.9 Å². The first-order chi connectivity index (χ1) is 7.11. The van der Waals surface area contributed by atoms with E-state index in [4.69, 9.17) is 10.5 Å². The number of ether oxygens (including phenoxy) is 1. The fourth-order valence-corrected chi connectivity index (χ4v) is 0.933. The van der Waals surface area contributed by atoms with Crippen LogP contribution < -0.4 is 16.4 Å². The molecule has 88 valence electrons. The van der Waals surface area contributed by atoms with Crippen molar-refractivity contribution in [2.45, 2.75) is 19.9 Å². The van der Waals surface area contributed by atoms with E-state index >= 15 is 0 Å². The molecule has 0 aromatic rings. The monoisotopic (exact) mass is 216 g/mol. The number of nitrogens with two attached hydrogens (primary N) is 1. The van der Waals surface area contributed by atoms with Crippen molar-refractivity contribution in [1.29, 1.82) is 0 Å². The highest BCUT2D eigenvalue weighted by Gasteiger charge is 2.11. The fourth-order valence-electron chi connectivity index (χ4n) is 0.933. The number of nitrogens with one attached hydrogen (secondary N) is 2. The molecule has 1 atom stereocenters. The molecule has 0 fully saturated rings. The number of hydrogen-bond donors (Lipinski definition) is 3. The normalized spacial score (nSPS) is 13.4. The van der Waals surface area contributed by atoms with Gasteiger partial charge >= 0.3 is 0 Å². The lowest BCUT2D eigenvalue weighted by atomic mass is 10.3. The number of nitrogens with zero attached hydrogens (tertiary/aromatic N) is 1. The van der Waals surface area contributed by atoms with Gasteiger partial charge in [-0.25, -0.2) is 0 Å². The largest absolute Gasteiger partial charge is 0.383 e. The summed E-state index contributed by atoms with van der Waals surface area (Å²) < 4.78 is 4.81. The van der Waals surface area contributed by atoms with Gasteiger partial charge in [-0.15, -0.1) is 0 Å². The summed E-state index contributed by atoms with van der Waals surface area (Å²) in [4.78, 5) is 15.3. The molecule has 6 heteroatoms. The molecule has 0 aromatic heterocycles. The number of methoxy groups -OCH3 is 1. The summed E-state index contributed by atoms with van der Waals surface area (Å²) in [6.45, 7) is 5.18. The molecule has 6 nitrogen and oxygen atoms in total. The van der Waals surface area contributed by atoms with E-state index < -0.39 is 6.04 Å². The van der Waals surface area contributed by atoms with Crippen molar-refractivity contribution in [3.05, 3.63) is 0 Å². The Morgan fingerprint density at radius 3 is 2.80 bits per heavy atom. The van der Waals surface area contributed by atoms with Crippen LogP contribution in [0.25, 0.3) is 0 Å². The van der Waals surface area contributed by atoms with Gasteiger partial charge in [-0.3, -0.25) is 9.79 Å². The molecule has 1 amide bonds. The van der Waals surface area contributed by atoms with Crippen molar-refractivity contribution in [1.82, 2.24) is 10.6 Å². The van der Waals surface area contributed by atoms with Gasteiger partial charge < -0.3 is 21.1 Å². The van der Waals surface area contributed by atoms with E-state index in [1.807, 2.05) is 6.92 Å². The van der Waals surface area contributed by atoms with Crippen molar-refractivity contribution in [2.24, 2.45) is 10.7 Å². The number of guanidine groups is 1. The second-order valence-electron chi connectivity index (χ2n) is 3.01. The van der Waals surface area contributed by atoms with E-state index in [-0.39, 0.29) is 11.9 Å². The first kappa shape index (κ1) is 13.7. The van der Waals surface area contributed by atoms with Crippen molar-refractivity contribution in [3.8, 4) is 0 Å². The lowest BCUT2D eigenvalue weighted by molar-refractivity contribution is -0.122. The summed E-state index contributed by atoms with van der Waals surface area (Å²) in [6.07, 6.45) is 0. The van der Waals surface area contributed by atoms with Gasteiger partial charge in [0.2, 0.25) is 5.91 Å². The first-order valence-corrected chi connectivity index (χ1v) is 4.94. The molecule has 0 aromatic carbocycles. The van der Waals surface area contributed by atoms with E-state index in [9.17, 15) is 4.79 Å². The molecule has 0 aliphatic rings. The third-order valence-electron chi connectivity index (χ3n) is 1.69.